The first kappa shape index (κ1) is 88.1. The maximum Gasteiger partial charge on any atom is 0.472 e. The Labute approximate surface area is 549 Å². The lowest BCUT2D eigenvalue weighted by atomic mass is 10.0. The highest BCUT2D eigenvalue weighted by molar-refractivity contribution is 7.47. The summed E-state index contributed by atoms with van der Waals surface area (Å²) in [5.41, 5.74) is 0. The molecule has 0 aromatic carbocycles. The number of rotatable bonds is 72. The molecule has 17 nitrogen and oxygen atoms in total. The molecule has 534 valence electrons. The lowest BCUT2D eigenvalue weighted by molar-refractivity contribution is -0.161. The summed E-state index contributed by atoms with van der Waals surface area (Å²) in [6, 6.07) is 0. The Bertz CT molecular complexity index is 1720. The van der Waals surface area contributed by atoms with Gasteiger partial charge in [0.25, 0.3) is 0 Å². The van der Waals surface area contributed by atoms with Crippen molar-refractivity contribution in [2.24, 2.45) is 0 Å². The van der Waals surface area contributed by atoms with Gasteiger partial charge in [0.1, 0.15) is 19.3 Å². The van der Waals surface area contributed by atoms with E-state index in [4.69, 9.17) is 37.0 Å². The standard InChI is InChI=1S/C71H138O17P2/c1-5-9-13-17-21-25-29-32-35-38-42-46-50-54-58-71(76)88-67(62-82-69(74)56-52-48-44-40-36-33-30-26-22-18-14-10-6-2)64-86-90(79,80)84-60-65(72)59-83-89(77,78)85-63-66(61-81-68(73)55-51-47-43-39-28-24-20-16-12-8-4)87-70(75)57-53-49-45-41-37-34-31-27-23-19-15-11-7-3/h65-67,72H,5-64H2,1-4H3,(H,77,78)(H,79,80)/t65-,66+,67+/m0/s1. The van der Waals surface area contributed by atoms with E-state index in [1.54, 1.807) is 0 Å². The van der Waals surface area contributed by atoms with E-state index in [0.717, 1.165) is 89.9 Å². The summed E-state index contributed by atoms with van der Waals surface area (Å²) in [5, 5.41) is 10.6. The van der Waals surface area contributed by atoms with Gasteiger partial charge < -0.3 is 33.8 Å². The summed E-state index contributed by atoms with van der Waals surface area (Å²) >= 11 is 0. The van der Waals surface area contributed by atoms with E-state index in [-0.39, 0.29) is 25.7 Å². The van der Waals surface area contributed by atoms with Crippen LogP contribution in [0.2, 0.25) is 0 Å². The zero-order valence-electron chi connectivity index (χ0n) is 58.1. The van der Waals surface area contributed by atoms with Gasteiger partial charge in [-0.25, -0.2) is 9.13 Å². The molecule has 0 aromatic rings. The van der Waals surface area contributed by atoms with E-state index in [0.29, 0.717) is 25.7 Å². The van der Waals surface area contributed by atoms with Crippen LogP contribution in [0, 0.1) is 0 Å². The van der Waals surface area contributed by atoms with E-state index < -0.39 is 97.5 Å². The fourth-order valence-corrected chi connectivity index (χ4v) is 12.4. The summed E-state index contributed by atoms with van der Waals surface area (Å²) in [7, 11) is -9.90. The van der Waals surface area contributed by atoms with Gasteiger partial charge >= 0.3 is 39.5 Å². The summed E-state index contributed by atoms with van der Waals surface area (Å²) in [5.74, 6) is -2.12. The van der Waals surface area contributed by atoms with Crippen molar-refractivity contribution >= 4 is 39.5 Å². The maximum atomic E-state index is 13.0. The quantitative estimate of drug-likeness (QED) is 0.0222. The van der Waals surface area contributed by atoms with Gasteiger partial charge in [0.15, 0.2) is 12.2 Å². The second-order valence-corrected chi connectivity index (χ2v) is 28.5. The monoisotopic (exact) mass is 1320 g/mol. The third-order valence-electron chi connectivity index (χ3n) is 16.6. The van der Waals surface area contributed by atoms with Gasteiger partial charge in [0.2, 0.25) is 0 Å². The van der Waals surface area contributed by atoms with Crippen molar-refractivity contribution in [3.8, 4) is 0 Å². The van der Waals surface area contributed by atoms with Gasteiger partial charge in [-0.15, -0.1) is 0 Å². The summed E-state index contributed by atoms with van der Waals surface area (Å²) in [4.78, 5) is 72.6. The number of phosphoric acid groups is 2. The predicted octanol–water partition coefficient (Wildman–Crippen LogP) is 20.7. The molecule has 19 heteroatoms. The molecule has 0 aliphatic heterocycles. The molecule has 0 heterocycles. The molecule has 0 rings (SSSR count). The second kappa shape index (κ2) is 65.7. The molecule has 90 heavy (non-hydrogen) atoms. The van der Waals surface area contributed by atoms with Crippen LogP contribution in [-0.4, -0.2) is 96.7 Å². The Balaban J connectivity index is 5.24. The van der Waals surface area contributed by atoms with Crippen LogP contribution in [0.4, 0.5) is 0 Å². The summed E-state index contributed by atoms with van der Waals surface area (Å²) in [6.07, 6.45) is 53.8. The molecule has 0 radical (unpaired) electrons. The fraction of sp³-hybridized carbons (Fsp3) is 0.944. The Morgan fingerprint density at radius 2 is 0.444 bits per heavy atom. The minimum atomic E-state index is -4.95. The van der Waals surface area contributed by atoms with Crippen molar-refractivity contribution in [3.05, 3.63) is 0 Å². The number of hydrogen-bond acceptors (Lipinski definition) is 15. The average molecular weight is 1330 g/mol. The number of carbonyl (C=O) groups excluding carboxylic acids is 4. The van der Waals surface area contributed by atoms with Crippen LogP contribution in [0.25, 0.3) is 0 Å². The van der Waals surface area contributed by atoms with Crippen molar-refractivity contribution < 1.29 is 80.2 Å². The number of ether oxygens (including phenoxy) is 4. The topological polar surface area (TPSA) is 237 Å². The van der Waals surface area contributed by atoms with Crippen LogP contribution in [0.1, 0.15) is 374 Å². The zero-order chi connectivity index (χ0) is 66.1. The third kappa shape index (κ3) is 64.8. The highest BCUT2D eigenvalue weighted by Crippen LogP contribution is 2.45. The summed E-state index contributed by atoms with van der Waals surface area (Å²) in [6.45, 7) is 4.96. The SMILES string of the molecule is CCCCCCCCCCCCCCCCC(=O)O[C@H](COC(=O)CCCCCCCCCCCCCCC)COP(=O)(O)OC[C@@H](O)COP(=O)(O)OC[C@@H](COC(=O)CCCCCCCCCCCC)OC(=O)CCCCCCCCCCCCCCC. The van der Waals surface area contributed by atoms with E-state index in [1.165, 1.54) is 205 Å². The zero-order valence-corrected chi connectivity index (χ0v) is 59.9. The first-order valence-corrected chi connectivity index (χ1v) is 40.3. The Morgan fingerprint density at radius 1 is 0.267 bits per heavy atom. The maximum absolute atomic E-state index is 13.0. The lowest BCUT2D eigenvalue weighted by Gasteiger charge is -2.21. The Morgan fingerprint density at radius 3 is 0.656 bits per heavy atom. The molecule has 0 aliphatic carbocycles. The van der Waals surface area contributed by atoms with Crippen LogP contribution in [0.5, 0.6) is 0 Å². The van der Waals surface area contributed by atoms with Crippen molar-refractivity contribution in [1.29, 1.82) is 0 Å². The number of aliphatic hydroxyl groups is 1. The molecule has 0 aliphatic rings. The molecule has 5 atom stereocenters. The van der Waals surface area contributed by atoms with Gasteiger partial charge in [-0.3, -0.25) is 37.3 Å². The van der Waals surface area contributed by atoms with Crippen LogP contribution in [0.15, 0.2) is 0 Å². The van der Waals surface area contributed by atoms with E-state index in [1.807, 2.05) is 0 Å². The number of phosphoric ester groups is 2. The molecule has 0 spiro atoms. The van der Waals surface area contributed by atoms with E-state index in [2.05, 4.69) is 27.7 Å². The van der Waals surface area contributed by atoms with Gasteiger partial charge in [0.05, 0.1) is 26.4 Å². The molecule has 0 saturated heterocycles. The smallest absolute Gasteiger partial charge is 0.462 e. The predicted molar refractivity (Wildman–Crippen MR) is 363 cm³/mol. The molecule has 0 fully saturated rings. The highest BCUT2D eigenvalue weighted by atomic mass is 31.2. The normalized spacial score (nSPS) is 14.0. The lowest BCUT2D eigenvalue weighted by Crippen LogP contribution is -2.30. The third-order valence-corrected chi connectivity index (χ3v) is 18.5. The van der Waals surface area contributed by atoms with Gasteiger partial charge in [0, 0.05) is 25.7 Å². The molecule has 0 aromatic heterocycles. The van der Waals surface area contributed by atoms with Gasteiger partial charge in [-0.05, 0) is 25.7 Å². The minimum absolute atomic E-state index is 0.108. The largest absolute Gasteiger partial charge is 0.472 e. The Kier molecular flexibility index (Phi) is 64.3. The van der Waals surface area contributed by atoms with Gasteiger partial charge in [-0.2, -0.15) is 0 Å². The first-order valence-electron chi connectivity index (χ1n) is 37.3. The van der Waals surface area contributed by atoms with Crippen molar-refractivity contribution in [2.75, 3.05) is 39.6 Å². The fourth-order valence-electron chi connectivity index (χ4n) is 10.9. The van der Waals surface area contributed by atoms with Crippen molar-refractivity contribution in [3.63, 3.8) is 0 Å². The number of carbonyl (C=O) groups is 4. The second-order valence-electron chi connectivity index (χ2n) is 25.6. The molecule has 3 N–H and O–H groups in total. The van der Waals surface area contributed by atoms with Crippen LogP contribution in [0.3, 0.4) is 0 Å². The Hall–Kier alpha value is -1.94. The molecular weight excluding hydrogens is 1190 g/mol. The minimum Gasteiger partial charge on any atom is -0.462 e. The number of unbranched alkanes of at least 4 members (excludes halogenated alkanes) is 46. The molecule has 0 saturated carbocycles. The van der Waals surface area contributed by atoms with Crippen molar-refractivity contribution in [2.45, 2.75) is 393 Å². The number of aliphatic hydroxyl groups excluding tert-OH is 1. The van der Waals surface area contributed by atoms with E-state index >= 15 is 0 Å². The molecule has 0 bridgehead atoms. The van der Waals surface area contributed by atoms with E-state index in [9.17, 15) is 43.2 Å². The number of hydrogen-bond donors (Lipinski definition) is 3. The molecular formula is C71H138O17P2. The van der Waals surface area contributed by atoms with Crippen molar-refractivity contribution in [1.82, 2.24) is 0 Å². The van der Waals surface area contributed by atoms with Gasteiger partial charge in [-0.1, -0.05) is 323 Å². The van der Waals surface area contributed by atoms with Crippen LogP contribution >= 0.6 is 15.6 Å². The average Bonchev–Trinajstić information content (AvgIpc) is 3.70. The number of esters is 4. The molecule has 0 amide bonds. The summed E-state index contributed by atoms with van der Waals surface area (Å²) < 4.78 is 68.3. The highest BCUT2D eigenvalue weighted by Gasteiger charge is 2.30. The molecule has 2 unspecified atom stereocenters. The van der Waals surface area contributed by atoms with Crippen LogP contribution < -0.4 is 0 Å². The first-order chi connectivity index (χ1) is 43.7. The van der Waals surface area contributed by atoms with Crippen LogP contribution in [-0.2, 0) is 65.4 Å².